The number of hydrogen-bond acceptors (Lipinski definition) is 6. The van der Waals surface area contributed by atoms with Crippen molar-refractivity contribution in [1.82, 2.24) is 9.97 Å². The van der Waals surface area contributed by atoms with E-state index in [1.165, 1.54) is 6.33 Å². The van der Waals surface area contributed by atoms with E-state index in [9.17, 15) is 0 Å². The van der Waals surface area contributed by atoms with Crippen molar-refractivity contribution in [1.29, 1.82) is 0 Å². The molecule has 0 bridgehead atoms. The summed E-state index contributed by atoms with van der Waals surface area (Å²) in [5.74, 6) is 1.97. The first-order valence-corrected chi connectivity index (χ1v) is 7.37. The minimum absolute atomic E-state index is 0.636. The van der Waals surface area contributed by atoms with Gasteiger partial charge in [0.05, 0.1) is 19.9 Å². The largest absolute Gasteiger partial charge is 0.493 e. The molecule has 0 radical (unpaired) electrons. The van der Waals surface area contributed by atoms with E-state index in [4.69, 9.17) is 15.2 Å². The van der Waals surface area contributed by atoms with Crippen molar-refractivity contribution >= 4 is 17.2 Å². The Bertz CT molecular complexity index is 835. The smallest absolute Gasteiger partial charge is 0.170 e. The fourth-order valence-electron chi connectivity index (χ4n) is 2.38. The molecule has 1 heterocycles. The van der Waals surface area contributed by atoms with Crippen LogP contribution in [0.3, 0.4) is 0 Å². The number of methoxy groups -OCH3 is 2. The lowest BCUT2D eigenvalue weighted by Crippen LogP contribution is -1.98. The van der Waals surface area contributed by atoms with Crippen LogP contribution in [-0.2, 0) is 0 Å². The molecule has 0 saturated carbocycles. The van der Waals surface area contributed by atoms with E-state index in [2.05, 4.69) is 15.3 Å². The number of hydrogen-bond donors (Lipinski definition) is 2. The van der Waals surface area contributed by atoms with Crippen LogP contribution in [0.25, 0.3) is 11.3 Å². The Labute approximate surface area is 140 Å². The molecule has 2 aromatic carbocycles. The zero-order valence-electron chi connectivity index (χ0n) is 13.5. The molecule has 24 heavy (non-hydrogen) atoms. The minimum Gasteiger partial charge on any atom is -0.493 e. The van der Waals surface area contributed by atoms with Crippen LogP contribution in [0.15, 0.2) is 54.9 Å². The zero-order valence-corrected chi connectivity index (χ0v) is 13.5. The van der Waals surface area contributed by atoms with Crippen LogP contribution in [0, 0.1) is 0 Å². The number of ether oxygens (including phenoxy) is 2. The average molecular weight is 322 g/mol. The maximum Gasteiger partial charge on any atom is 0.170 e. The Morgan fingerprint density at radius 3 is 2.46 bits per heavy atom. The van der Waals surface area contributed by atoms with Gasteiger partial charge in [-0.15, -0.1) is 0 Å². The lowest BCUT2D eigenvalue weighted by atomic mass is 10.1. The highest BCUT2D eigenvalue weighted by atomic mass is 16.5. The molecule has 6 nitrogen and oxygen atoms in total. The number of para-hydroxylation sites is 1. The number of benzene rings is 2. The molecule has 0 spiro atoms. The van der Waals surface area contributed by atoms with Crippen molar-refractivity contribution in [2.75, 3.05) is 25.3 Å². The molecule has 0 saturated heterocycles. The third kappa shape index (κ3) is 3.22. The molecule has 3 N–H and O–H groups in total. The standard InChI is InChI=1S/C18H18N4O2/c1-23-16-5-3-4-14(18(16)24-2)15-10-17(21-11-20-15)22-13-8-6-12(19)7-9-13/h3-11H,19H2,1-2H3,(H,20,21,22). The summed E-state index contributed by atoms with van der Waals surface area (Å²) in [5.41, 5.74) is 8.88. The van der Waals surface area contributed by atoms with E-state index < -0.39 is 0 Å². The summed E-state index contributed by atoms with van der Waals surface area (Å²) < 4.78 is 10.8. The molecule has 0 unspecified atom stereocenters. The zero-order chi connectivity index (χ0) is 16.9. The van der Waals surface area contributed by atoms with Crippen LogP contribution in [0.4, 0.5) is 17.2 Å². The summed E-state index contributed by atoms with van der Waals surface area (Å²) in [6.45, 7) is 0. The highest BCUT2D eigenvalue weighted by Gasteiger charge is 2.13. The van der Waals surface area contributed by atoms with Gasteiger partial charge in [-0.25, -0.2) is 9.97 Å². The summed E-state index contributed by atoms with van der Waals surface area (Å²) in [5, 5.41) is 3.23. The molecule has 0 aliphatic rings. The number of nitrogens with one attached hydrogen (secondary N) is 1. The van der Waals surface area contributed by atoms with Crippen LogP contribution in [0.2, 0.25) is 0 Å². The van der Waals surface area contributed by atoms with Gasteiger partial charge >= 0.3 is 0 Å². The van der Waals surface area contributed by atoms with Crippen molar-refractivity contribution < 1.29 is 9.47 Å². The Morgan fingerprint density at radius 1 is 0.958 bits per heavy atom. The topological polar surface area (TPSA) is 82.3 Å². The van der Waals surface area contributed by atoms with Crippen LogP contribution >= 0.6 is 0 Å². The summed E-state index contributed by atoms with van der Waals surface area (Å²) in [4.78, 5) is 8.60. The summed E-state index contributed by atoms with van der Waals surface area (Å²) in [7, 11) is 3.21. The average Bonchev–Trinajstić information content (AvgIpc) is 2.63. The Kier molecular flexibility index (Phi) is 4.47. The van der Waals surface area contributed by atoms with Gasteiger partial charge in [0.2, 0.25) is 0 Å². The van der Waals surface area contributed by atoms with Crippen LogP contribution in [-0.4, -0.2) is 24.2 Å². The van der Waals surface area contributed by atoms with Crippen molar-refractivity contribution in [3.8, 4) is 22.8 Å². The molecular weight excluding hydrogens is 304 g/mol. The molecule has 1 aromatic heterocycles. The third-order valence-electron chi connectivity index (χ3n) is 3.53. The molecule has 0 amide bonds. The SMILES string of the molecule is COc1cccc(-c2cc(Nc3ccc(N)cc3)ncn2)c1OC. The maximum atomic E-state index is 5.70. The van der Waals surface area contributed by atoms with Crippen LogP contribution < -0.4 is 20.5 Å². The summed E-state index contributed by atoms with van der Waals surface area (Å²) in [6, 6.07) is 15.0. The molecule has 122 valence electrons. The number of nitrogens with two attached hydrogens (primary N) is 1. The molecule has 0 atom stereocenters. The van der Waals surface area contributed by atoms with E-state index >= 15 is 0 Å². The second-order valence-corrected chi connectivity index (χ2v) is 5.08. The molecular formula is C18H18N4O2. The molecule has 3 rings (SSSR count). The Morgan fingerprint density at radius 2 is 1.75 bits per heavy atom. The van der Waals surface area contributed by atoms with Gasteiger partial charge in [-0.2, -0.15) is 0 Å². The fourth-order valence-corrected chi connectivity index (χ4v) is 2.38. The first-order valence-electron chi connectivity index (χ1n) is 7.37. The first-order chi connectivity index (χ1) is 11.7. The Balaban J connectivity index is 1.95. The number of nitrogens with zero attached hydrogens (tertiary/aromatic N) is 2. The lowest BCUT2D eigenvalue weighted by Gasteiger charge is -2.13. The van der Waals surface area contributed by atoms with Gasteiger partial charge in [0.25, 0.3) is 0 Å². The van der Waals surface area contributed by atoms with Gasteiger partial charge in [-0.05, 0) is 36.4 Å². The molecule has 0 fully saturated rings. The van der Waals surface area contributed by atoms with E-state index in [-0.39, 0.29) is 0 Å². The lowest BCUT2D eigenvalue weighted by molar-refractivity contribution is 0.356. The third-order valence-corrected chi connectivity index (χ3v) is 3.53. The highest BCUT2D eigenvalue weighted by Crippen LogP contribution is 2.37. The molecule has 0 aliphatic carbocycles. The number of anilines is 3. The quantitative estimate of drug-likeness (QED) is 0.700. The van der Waals surface area contributed by atoms with Gasteiger partial charge in [-0.3, -0.25) is 0 Å². The monoisotopic (exact) mass is 322 g/mol. The van der Waals surface area contributed by atoms with Gasteiger partial charge < -0.3 is 20.5 Å². The molecule has 3 aromatic rings. The van der Waals surface area contributed by atoms with Crippen molar-refractivity contribution in [2.24, 2.45) is 0 Å². The minimum atomic E-state index is 0.636. The normalized spacial score (nSPS) is 10.2. The predicted molar refractivity (Wildman–Crippen MR) is 94.7 cm³/mol. The number of rotatable bonds is 5. The Hall–Kier alpha value is -3.28. The number of aromatic nitrogens is 2. The highest BCUT2D eigenvalue weighted by molar-refractivity contribution is 5.73. The summed E-state index contributed by atoms with van der Waals surface area (Å²) in [6.07, 6.45) is 1.51. The van der Waals surface area contributed by atoms with E-state index in [1.807, 2.05) is 48.5 Å². The van der Waals surface area contributed by atoms with Crippen molar-refractivity contribution in [2.45, 2.75) is 0 Å². The molecule has 6 heteroatoms. The van der Waals surface area contributed by atoms with Crippen molar-refractivity contribution in [3.05, 3.63) is 54.9 Å². The first kappa shape index (κ1) is 15.6. The molecule has 0 aliphatic heterocycles. The van der Waals surface area contributed by atoms with Gasteiger partial charge in [0.15, 0.2) is 11.5 Å². The predicted octanol–water partition coefficient (Wildman–Crippen LogP) is 3.49. The van der Waals surface area contributed by atoms with Crippen molar-refractivity contribution in [3.63, 3.8) is 0 Å². The van der Waals surface area contributed by atoms with Gasteiger partial charge in [-0.1, -0.05) is 6.07 Å². The van der Waals surface area contributed by atoms with Gasteiger partial charge in [0.1, 0.15) is 12.1 Å². The second-order valence-electron chi connectivity index (χ2n) is 5.08. The number of nitrogen functional groups attached to an aromatic ring is 1. The van der Waals surface area contributed by atoms with Gasteiger partial charge in [0, 0.05) is 23.0 Å². The van der Waals surface area contributed by atoms with Crippen LogP contribution in [0.1, 0.15) is 0 Å². The van der Waals surface area contributed by atoms with E-state index in [0.29, 0.717) is 23.0 Å². The summed E-state index contributed by atoms with van der Waals surface area (Å²) >= 11 is 0. The fraction of sp³-hybridized carbons (Fsp3) is 0.111. The van der Waals surface area contributed by atoms with E-state index in [0.717, 1.165) is 16.9 Å². The second kappa shape index (κ2) is 6.87. The maximum absolute atomic E-state index is 5.70. The van der Waals surface area contributed by atoms with Crippen LogP contribution in [0.5, 0.6) is 11.5 Å². The van der Waals surface area contributed by atoms with E-state index in [1.54, 1.807) is 14.2 Å².